The van der Waals surface area contributed by atoms with E-state index in [0.717, 1.165) is 5.82 Å². The maximum Gasteiger partial charge on any atom is 0.387 e. The zero-order valence-corrected chi connectivity index (χ0v) is 10.6. The second kappa shape index (κ2) is 6.49. The fraction of sp³-hybridized carbons (Fsp3) is 0.250. The fourth-order valence-corrected chi connectivity index (χ4v) is 1.80. The second-order valence-corrected chi connectivity index (χ2v) is 4.21. The average Bonchev–Trinajstić information content (AvgIpc) is 2.85. The number of imidazole rings is 1. The summed E-state index contributed by atoms with van der Waals surface area (Å²) < 4.78 is 28.9. The van der Waals surface area contributed by atoms with Crippen LogP contribution in [0.5, 0.6) is 5.75 Å². The minimum atomic E-state index is -2.86. The number of halogens is 3. The first-order chi connectivity index (χ1) is 9.15. The van der Waals surface area contributed by atoms with Gasteiger partial charge in [0, 0.05) is 29.5 Å². The highest BCUT2D eigenvalue weighted by molar-refractivity contribution is 6.30. The molecule has 1 aromatic heterocycles. The van der Waals surface area contributed by atoms with Gasteiger partial charge in [-0.25, -0.2) is 4.98 Å². The molecule has 0 aliphatic carbocycles. The molecular weight excluding hydrogens is 276 g/mol. The van der Waals surface area contributed by atoms with Gasteiger partial charge >= 0.3 is 6.61 Å². The minimum absolute atomic E-state index is 0.117. The molecule has 0 saturated carbocycles. The van der Waals surface area contributed by atoms with Crippen LogP contribution in [0.2, 0.25) is 5.02 Å². The van der Waals surface area contributed by atoms with Crippen LogP contribution in [0, 0.1) is 0 Å². The van der Waals surface area contributed by atoms with Crippen LogP contribution in [-0.2, 0) is 13.1 Å². The van der Waals surface area contributed by atoms with Crippen molar-refractivity contribution in [1.82, 2.24) is 15.3 Å². The summed E-state index contributed by atoms with van der Waals surface area (Å²) in [5.41, 5.74) is 0.569. The molecule has 7 heteroatoms. The summed E-state index contributed by atoms with van der Waals surface area (Å²) >= 11 is 5.84. The Morgan fingerprint density at radius 3 is 2.89 bits per heavy atom. The molecule has 19 heavy (non-hydrogen) atoms. The normalized spacial score (nSPS) is 10.9. The van der Waals surface area contributed by atoms with Gasteiger partial charge in [0.25, 0.3) is 0 Å². The van der Waals surface area contributed by atoms with Crippen molar-refractivity contribution in [2.75, 3.05) is 0 Å². The maximum absolute atomic E-state index is 12.3. The Bertz CT molecular complexity index is 520. The van der Waals surface area contributed by atoms with Crippen molar-refractivity contribution in [3.63, 3.8) is 0 Å². The number of nitrogens with zero attached hydrogens (tertiary/aromatic N) is 1. The van der Waals surface area contributed by atoms with E-state index in [1.165, 1.54) is 12.1 Å². The lowest BCUT2D eigenvalue weighted by Gasteiger charge is -2.11. The van der Waals surface area contributed by atoms with Gasteiger partial charge in [-0.15, -0.1) is 0 Å². The summed E-state index contributed by atoms with van der Waals surface area (Å²) in [4.78, 5) is 6.97. The van der Waals surface area contributed by atoms with Crippen LogP contribution < -0.4 is 10.1 Å². The van der Waals surface area contributed by atoms with Gasteiger partial charge in [-0.2, -0.15) is 8.78 Å². The molecule has 1 heterocycles. The van der Waals surface area contributed by atoms with Crippen molar-refractivity contribution in [2.45, 2.75) is 19.7 Å². The summed E-state index contributed by atoms with van der Waals surface area (Å²) in [5.74, 6) is 0.879. The molecule has 0 bridgehead atoms. The van der Waals surface area contributed by atoms with Crippen molar-refractivity contribution >= 4 is 11.6 Å². The Morgan fingerprint density at radius 2 is 2.21 bits per heavy atom. The number of H-pyrrole nitrogens is 1. The Labute approximate surface area is 113 Å². The summed E-state index contributed by atoms with van der Waals surface area (Å²) in [6.45, 7) is -2.01. The lowest BCUT2D eigenvalue weighted by molar-refractivity contribution is -0.0505. The van der Waals surface area contributed by atoms with E-state index >= 15 is 0 Å². The molecule has 0 fully saturated rings. The van der Waals surface area contributed by atoms with E-state index in [1.54, 1.807) is 18.5 Å². The number of alkyl halides is 2. The molecule has 2 aromatic rings. The lowest BCUT2D eigenvalue weighted by atomic mass is 10.2. The zero-order chi connectivity index (χ0) is 13.7. The van der Waals surface area contributed by atoms with Gasteiger partial charge in [-0.3, -0.25) is 0 Å². The molecule has 0 unspecified atom stereocenters. The summed E-state index contributed by atoms with van der Waals surface area (Å²) in [6.07, 6.45) is 3.35. The SMILES string of the molecule is FC(F)Oc1ccc(Cl)cc1CNCc1ncc[nH]1. The van der Waals surface area contributed by atoms with Gasteiger partial charge in [-0.05, 0) is 18.2 Å². The predicted molar refractivity (Wildman–Crippen MR) is 67.2 cm³/mol. The quantitative estimate of drug-likeness (QED) is 0.859. The Kier molecular flexibility index (Phi) is 4.70. The van der Waals surface area contributed by atoms with Crippen LogP contribution in [0.4, 0.5) is 8.78 Å². The van der Waals surface area contributed by atoms with Gasteiger partial charge in [0.15, 0.2) is 0 Å². The first kappa shape index (κ1) is 13.8. The molecule has 4 nitrogen and oxygen atoms in total. The number of benzene rings is 1. The lowest BCUT2D eigenvalue weighted by Crippen LogP contribution is -2.15. The number of aromatic amines is 1. The fourth-order valence-electron chi connectivity index (χ4n) is 1.61. The number of rotatable bonds is 6. The largest absolute Gasteiger partial charge is 0.434 e. The zero-order valence-electron chi connectivity index (χ0n) is 9.87. The maximum atomic E-state index is 12.3. The van der Waals surface area contributed by atoms with Gasteiger partial charge < -0.3 is 15.0 Å². The van der Waals surface area contributed by atoms with Crippen LogP contribution >= 0.6 is 11.6 Å². The highest BCUT2D eigenvalue weighted by atomic mass is 35.5. The molecule has 0 aliphatic heterocycles. The van der Waals surface area contributed by atoms with E-state index in [2.05, 4.69) is 20.0 Å². The van der Waals surface area contributed by atoms with Gasteiger partial charge in [0.1, 0.15) is 11.6 Å². The number of nitrogens with one attached hydrogen (secondary N) is 2. The molecule has 0 spiro atoms. The summed E-state index contributed by atoms with van der Waals surface area (Å²) in [7, 11) is 0. The van der Waals surface area contributed by atoms with Crippen LogP contribution in [0.15, 0.2) is 30.6 Å². The molecule has 1 aromatic carbocycles. The molecule has 0 aliphatic rings. The van der Waals surface area contributed by atoms with Crippen molar-refractivity contribution in [1.29, 1.82) is 0 Å². The second-order valence-electron chi connectivity index (χ2n) is 3.77. The molecular formula is C12H12ClF2N3O. The van der Waals surface area contributed by atoms with Crippen molar-refractivity contribution in [2.24, 2.45) is 0 Å². The van der Waals surface area contributed by atoms with Crippen LogP contribution in [-0.4, -0.2) is 16.6 Å². The third-order valence-electron chi connectivity index (χ3n) is 2.40. The van der Waals surface area contributed by atoms with Gasteiger partial charge in [0.05, 0.1) is 6.54 Å². The van der Waals surface area contributed by atoms with E-state index in [4.69, 9.17) is 11.6 Å². The average molecular weight is 288 g/mol. The molecule has 2 rings (SSSR count). The molecule has 0 atom stereocenters. The third kappa shape index (κ3) is 4.18. The van der Waals surface area contributed by atoms with Crippen LogP contribution in [0.25, 0.3) is 0 Å². The monoisotopic (exact) mass is 287 g/mol. The number of hydrogen-bond donors (Lipinski definition) is 2. The van der Waals surface area contributed by atoms with Crippen LogP contribution in [0.3, 0.4) is 0 Å². The summed E-state index contributed by atoms with van der Waals surface area (Å²) in [6, 6.07) is 4.53. The first-order valence-electron chi connectivity index (χ1n) is 5.57. The van der Waals surface area contributed by atoms with E-state index in [-0.39, 0.29) is 5.75 Å². The number of ether oxygens (including phenoxy) is 1. The highest BCUT2D eigenvalue weighted by Gasteiger charge is 2.10. The molecule has 0 saturated heterocycles. The molecule has 2 N–H and O–H groups in total. The minimum Gasteiger partial charge on any atom is -0.434 e. The van der Waals surface area contributed by atoms with E-state index < -0.39 is 6.61 Å². The van der Waals surface area contributed by atoms with E-state index in [1.807, 2.05) is 0 Å². The molecule has 0 amide bonds. The predicted octanol–water partition coefficient (Wildman–Crippen LogP) is 2.95. The van der Waals surface area contributed by atoms with Gasteiger partial charge in [0.2, 0.25) is 0 Å². The molecule has 102 valence electrons. The standard InChI is InChI=1S/C12H12ClF2N3O/c13-9-1-2-10(19-12(14)15)8(5-9)6-16-7-11-17-3-4-18-11/h1-5,12,16H,6-7H2,(H,17,18). The Hall–Kier alpha value is -1.66. The van der Waals surface area contributed by atoms with Crippen LogP contribution in [0.1, 0.15) is 11.4 Å². The van der Waals surface area contributed by atoms with E-state index in [0.29, 0.717) is 23.7 Å². The van der Waals surface area contributed by atoms with Gasteiger partial charge in [-0.1, -0.05) is 11.6 Å². The first-order valence-corrected chi connectivity index (χ1v) is 5.95. The smallest absolute Gasteiger partial charge is 0.387 e. The number of aromatic nitrogens is 2. The van der Waals surface area contributed by atoms with Crippen molar-refractivity contribution in [3.8, 4) is 5.75 Å². The highest BCUT2D eigenvalue weighted by Crippen LogP contribution is 2.24. The Balaban J connectivity index is 1.99. The topological polar surface area (TPSA) is 49.9 Å². The Morgan fingerprint density at radius 1 is 1.37 bits per heavy atom. The third-order valence-corrected chi connectivity index (χ3v) is 2.64. The number of hydrogen-bond acceptors (Lipinski definition) is 3. The van der Waals surface area contributed by atoms with Crippen molar-refractivity contribution in [3.05, 3.63) is 47.0 Å². The molecule has 0 radical (unpaired) electrons. The summed E-state index contributed by atoms with van der Waals surface area (Å²) in [5, 5.41) is 3.54. The van der Waals surface area contributed by atoms with Crippen molar-refractivity contribution < 1.29 is 13.5 Å². The van der Waals surface area contributed by atoms with E-state index in [9.17, 15) is 8.78 Å².